The topological polar surface area (TPSA) is 52.6 Å². The smallest absolute Gasteiger partial charge is 0.330 e. The molecule has 0 radical (unpaired) electrons. The molecule has 1 aromatic carbocycles. The molecule has 20 heavy (non-hydrogen) atoms. The van der Waals surface area contributed by atoms with Crippen molar-refractivity contribution in [2.75, 3.05) is 7.11 Å². The Kier molecular flexibility index (Phi) is 6.87. The van der Waals surface area contributed by atoms with Gasteiger partial charge in [0.25, 0.3) is 0 Å². The summed E-state index contributed by atoms with van der Waals surface area (Å²) in [5.74, 6) is -0.777. The summed E-state index contributed by atoms with van der Waals surface area (Å²) < 4.78 is 9.76. The van der Waals surface area contributed by atoms with E-state index in [0.29, 0.717) is 0 Å². The van der Waals surface area contributed by atoms with E-state index < -0.39 is 5.97 Å². The molecule has 0 aromatic heterocycles. The first-order valence-corrected chi connectivity index (χ1v) is 7.06. The lowest BCUT2D eigenvalue weighted by atomic mass is 10.2. The van der Waals surface area contributed by atoms with Gasteiger partial charge in [0.15, 0.2) is 0 Å². The molecular formula is C15H18O4S. The molecule has 0 aliphatic rings. The van der Waals surface area contributed by atoms with Crippen LogP contribution >= 0.6 is 11.8 Å². The van der Waals surface area contributed by atoms with Crippen LogP contribution in [0.4, 0.5) is 0 Å². The highest BCUT2D eigenvalue weighted by atomic mass is 32.2. The van der Waals surface area contributed by atoms with Gasteiger partial charge in [-0.1, -0.05) is 24.3 Å². The van der Waals surface area contributed by atoms with Crippen molar-refractivity contribution in [1.82, 2.24) is 0 Å². The van der Waals surface area contributed by atoms with Crippen molar-refractivity contribution >= 4 is 23.7 Å². The Hall–Kier alpha value is -1.75. The number of rotatable bonds is 6. The van der Waals surface area contributed by atoms with Gasteiger partial charge in [0.2, 0.25) is 0 Å². The standard InChI is InChI=1S/C15H18O4S/c1-11(19-12(2)16)14(9-10-15(17)18-3)20-13-7-5-4-6-8-13/h4-11,14H,1-3H3/b10-9+/t11-,14+/m0/s1. The van der Waals surface area contributed by atoms with Crippen molar-refractivity contribution < 1.29 is 19.1 Å². The molecule has 0 aliphatic carbocycles. The summed E-state index contributed by atoms with van der Waals surface area (Å²) in [4.78, 5) is 23.3. The Morgan fingerprint density at radius 2 is 1.90 bits per heavy atom. The van der Waals surface area contributed by atoms with Gasteiger partial charge in [-0.3, -0.25) is 4.79 Å². The molecule has 0 amide bonds. The molecule has 4 nitrogen and oxygen atoms in total. The molecule has 0 spiro atoms. The molecule has 0 aliphatic heterocycles. The van der Waals surface area contributed by atoms with Crippen molar-refractivity contribution in [2.24, 2.45) is 0 Å². The number of carbonyl (C=O) groups is 2. The van der Waals surface area contributed by atoms with E-state index in [1.54, 1.807) is 13.0 Å². The first kappa shape index (κ1) is 16.3. The summed E-state index contributed by atoms with van der Waals surface area (Å²) in [6, 6.07) is 9.72. The summed E-state index contributed by atoms with van der Waals surface area (Å²) in [6.07, 6.45) is 2.69. The van der Waals surface area contributed by atoms with Crippen molar-refractivity contribution in [2.45, 2.75) is 30.1 Å². The molecule has 0 fully saturated rings. The molecule has 0 heterocycles. The van der Waals surface area contributed by atoms with Crippen molar-refractivity contribution in [1.29, 1.82) is 0 Å². The third kappa shape index (κ3) is 5.93. The highest BCUT2D eigenvalue weighted by Gasteiger charge is 2.19. The van der Waals surface area contributed by atoms with Gasteiger partial charge in [0.05, 0.1) is 12.4 Å². The van der Waals surface area contributed by atoms with E-state index in [0.717, 1.165) is 4.90 Å². The van der Waals surface area contributed by atoms with Gasteiger partial charge in [-0.15, -0.1) is 11.8 Å². The number of thioether (sulfide) groups is 1. The average molecular weight is 294 g/mol. The fraction of sp³-hybridized carbons (Fsp3) is 0.333. The number of methoxy groups -OCH3 is 1. The van der Waals surface area contributed by atoms with Crippen LogP contribution in [-0.2, 0) is 19.1 Å². The zero-order chi connectivity index (χ0) is 15.0. The third-order valence-corrected chi connectivity index (χ3v) is 3.81. The molecule has 5 heteroatoms. The van der Waals surface area contributed by atoms with Crippen LogP contribution in [0.1, 0.15) is 13.8 Å². The Labute approximate surface area is 123 Å². The Bertz CT molecular complexity index is 470. The summed E-state index contributed by atoms with van der Waals surface area (Å²) in [5, 5.41) is -0.166. The molecule has 1 rings (SSSR count). The zero-order valence-electron chi connectivity index (χ0n) is 11.7. The summed E-state index contributed by atoms with van der Waals surface area (Å²) in [7, 11) is 1.32. The number of hydrogen-bond acceptors (Lipinski definition) is 5. The highest BCUT2D eigenvalue weighted by Crippen LogP contribution is 2.27. The molecule has 1 aromatic rings. The molecule has 0 saturated heterocycles. The van der Waals surface area contributed by atoms with Crippen LogP contribution in [0, 0.1) is 0 Å². The lowest BCUT2D eigenvalue weighted by Crippen LogP contribution is -2.24. The lowest BCUT2D eigenvalue weighted by Gasteiger charge is -2.20. The predicted octanol–water partition coefficient (Wildman–Crippen LogP) is 2.83. The first-order valence-electron chi connectivity index (χ1n) is 6.18. The Balaban J connectivity index is 2.80. The van der Waals surface area contributed by atoms with Gasteiger partial charge < -0.3 is 9.47 Å². The van der Waals surface area contributed by atoms with Gasteiger partial charge in [0.1, 0.15) is 6.10 Å². The number of hydrogen-bond donors (Lipinski definition) is 0. The van der Waals surface area contributed by atoms with Gasteiger partial charge in [-0.25, -0.2) is 4.79 Å². The van der Waals surface area contributed by atoms with E-state index in [4.69, 9.17) is 4.74 Å². The summed E-state index contributed by atoms with van der Waals surface area (Å²) >= 11 is 1.52. The number of benzene rings is 1. The Morgan fingerprint density at radius 3 is 2.45 bits per heavy atom. The fourth-order valence-electron chi connectivity index (χ4n) is 1.52. The summed E-state index contributed by atoms with van der Waals surface area (Å²) in [5.41, 5.74) is 0. The van der Waals surface area contributed by atoms with E-state index in [1.165, 1.54) is 31.9 Å². The summed E-state index contributed by atoms with van der Waals surface area (Å²) in [6.45, 7) is 3.16. The van der Waals surface area contributed by atoms with Gasteiger partial charge >= 0.3 is 11.9 Å². The minimum atomic E-state index is -0.432. The lowest BCUT2D eigenvalue weighted by molar-refractivity contribution is -0.145. The fourth-order valence-corrected chi connectivity index (χ4v) is 2.55. The molecular weight excluding hydrogens is 276 g/mol. The predicted molar refractivity (Wildman–Crippen MR) is 78.5 cm³/mol. The largest absolute Gasteiger partial charge is 0.466 e. The van der Waals surface area contributed by atoms with Crippen LogP contribution in [-0.4, -0.2) is 30.4 Å². The average Bonchev–Trinajstić information content (AvgIpc) is 2.43. The van der Waals surface area contributed by atoms with Crippen molar-refractivity contribution in [3.05, 3.63) is 42.5 Å². The SMILES string of the molecule is COC(=O)/C=C/[C@@H](Sc1ccccc1)[C@H](C)OC(C)=O. The third-order valence-electron chi connectivity index (χ3n) is 2.45. The number of carbonyl (C=O) groups excluding carboxylic acids is 2. The zero-order valence-corrected chi connectivity index (χ0v) is 12.6. The van der Waals surface area contributed by atoms with Crippen molar-refractivity contribution in [3.8, 4) is 0 Å². The van der Waals surface area contributed by atoms with E-state index in [2.05, 4.69) is 4.74 Å². The molecule has 0 unspecified atom stereocenters. The van der Waals surface area contributed by atoms with E-state index in [9.17, 15) is 9.59 Å². The molecule has 0 N–H and O–H groups in total. The van der Waals surface area contributed by atoms with Crippen LogP contribution in [0.5, 0.6) is 0 Å². The monoisotopic (exact) mass is 294 g/mol. The second-order valence-corrected chi connectivity index (χ2v) is 5.34. The second-order valence-electron chi connectivity index (χ2n) is 4.09. The minimum absolute atomic E-state index is 0.166. The molecule has 2 atom stereocenters. The maximum atomic E-state index is 11.2. The van der Waals surface area contributed by atoms with Crippen LogP contribution in [0.2, 0.25) is 0 Å². The van der Waals surface area contributed by atoms with Gasteiger partial charge in [0, 0.05) is 17.9 Å². The van der Waals surface area contributed by atoms with Gasteiger partial charge in [-0.2, -0.15) is 0 Å². The van der Waals surface area contributed by atoms with Crippen molar-refractivity contribution in [3.63, 3.8) is 0 Å². The normalized spacial score (nSPS) is 13.8. The highest BCUT2D eigenvalue weighted by molar-refractivity contribution is 8.00. The first-order chi connectivity index (χ1) is 9.52. The second kappa shape index (κ2) is 8.43. The molecule has 0 bridgehead atoms. The quantitative estimate of drug-likeness (QED) is 0.459. The molecule has 108 valence electrons. The number of esters is 2. The van der Waals surface area contributed by atoms with E-state index >= 15 is 0 Å². The number of ether oxygens (including phenoxy) is 2. The minimum Gasteiger partial charge on any atom is -0.466 e. The van der Waals surface area contributed by atoms with E-state index in [1.807, 2.05) is 30.3 Å². The Morgan fingerprint density at radius 1 is 1.25 bits per heavy atom. The van der Waals surface area contributed by atoms with Gasteiger partial charge in [-0.05, 0) is 19.1 Å². The van der Waals surface area contributed by atoms with E-state index in [-0.39, 0.29) is 17.3 Å². The maximum absolute atomic E-state index is 11.2. The van der Waals surface area contributed by atoms with Crippen LogP contribution in [0.3, 0.4) is 0 Å². The van der Waals surface area contributed by atoms with Crippen LogP contribution in [0.15, 0.2) is 47.4 Å². The molecule has 0 saturated carbocycles. The van der Waals surface area contributed by atoms with Crippen LogP contribution in [0.25, 0.3) is 0 Å². The maximum Gasteiger partial charge on any atom is 0.330 e. The van der Waals surface area contributed by atoms with Crippen LogP contribution < -0.4 is 0 Å².